The molecule has 1 aliphatic heterocycles. The van der Waals surface area contributed by atoms with Gasteiger partial charge in [0.05, 0.1) is 23.1 Å². The molecule has 2 amide bonds. The van der Waals surface area contributed by atoms with Crippen LogP contribution in [0.1, 0.15) is 42.4 Å². The second kappa shape index (κ2) is 9.57. The normalized spacial score (nSPS) is 13.6. The van der Waals surface area contributed by atoms with Gasteiger partial charge in [-0.15, -0.1) is 0 Å². The molecule has 2 heterocycles. The van der Waals surface area contributed by atoms with Gasteiger partial charge in [0.1, 0.15) is 0 Å². The van der Waals surface area contributed by atoms with Crippen LogP contribution < -0.4 is 5.32 Å². The zero-order valence-electron chi connectivity index (χ0n) is 19.1. The number of nitrogens with one attached hydrogen (secondary N) is 1. The Labute approximate surface area is 199 Å². The zero-order valence-corrected chi connectivity index (χ0v) is 19.1. The molecule has 0 spiro atoms. The van der Waals surface area contributed by atoms with Crippen LogP contribution in [0.25, 0.3) is 0 Å². The fourth-order valence-electron chi connectivity index (χ4n) is 4.00. The Hall–Kier alpha value is -4.21. The lowest BCUT2D eigenvalue weighted by molar-refractivity contribution is 0.0515. The Kier molecular flexibility index (Phi) is 6.54. The number of hydrogen-bond donors (Lipinski definition) is 2. The predicted molar refractivity (Wildman–Crippen MR) is 123 cm³/mol. The second-order valence-electron chi connectivity index (χ2n) is 8.28. The number of anilines is 2. The van der Waals surface area contributed by atoms with Gasteiger partial charge in [0.2, 0.25) is 0 Å². The summed E-state index contributed by atoms with van der Waals surface area (Å²) in [5.74, 6) is -5.45. The van der Waals surface area contributed by atoms with Crippen molar-refractivity contribution >= 4 is 29.2 Å². The maximum atomic E-state index is 15.1. The van der Waals surface area contributed by atoms with Crippen molar-refractivity contribution in [2.75, 3.05) is 31.5 Å². The number of furan rings is 1. The lowest BCUT2D eigenvalue weighted by Gasteiger charge is -2.34. The highest BCUT2D eigenvalue weighted by Gasteiger charge is 2.31. The van der Waals surface area contributed by atoms with Gasteiger partial charge in [0, 0.05) is 31.9 Å². The number of halogens is 2. The van der Waals surface area contributed by atoms with Gasteiger partial charge < -0.3 is 24.6 Å². The van der Waals surface area contributed by atoms with Crippen LogP contribution in [-0.4, -0.2) is 58.9 Å². The molecule has 0 unspecified atom stereocenters. The summed E-state index contributed by atoms with van der Waals surface area (Å²) in [5, 5.41) is 12.3. The number of piperazine rings is 1. The molecule has 2 aromatic carbocycles. The largest absolute Gasteiger partial charge is 0.478 e. The van der Waals surface area contributed by atoms with E-state index in [1.165, 1.54) is 22.1 Å². The summed E-state index contributed by atoms with van der Waals surface area (Å²) >= 11 is 0. The Morgan fingerprint density at radius 2 is 1.57 bits per heavy atom. The third kappa shape index (κ3) is 4.72. The molecule has 1 fully saturated rings. The molecule has 0 radical (unpaired) electrons. The molecule has 35 heavy (non-hydrogen) atoms. The molecule has 10 heteroatoms. The first-order valence-corrected chi connectivity index (χ1v) is 10.9. The summed E-state index contributed by atoms with van der Waals surface area (Å²) in [5.41, 5.74) is 0.254. The number of carbonyl (C=O) groups excluding carboxylic acids is 2. The van der Waals surface area contributed by atoms with Crippen LogP contribution in [0.15, 0.2) is 47.1 Å². The number of carboxylic acids is 1. The van der Waals surface area contributed by atoms with E-state index in [1.54, 1.807) is 25.1 Å². The molecule has 1 aliphatic rings. The minimum Gasteiger partial charge on any atom is -0.478 e. The van der Waals surface area contributed by atoms with E-state index >= 15 is 8.78 Å². The fourth-order valence-corrected chi connectivity index (χ4v) is 4.00. The van der Waals surface area contributed by atoms with Crippen molar-refractivity contribution in [1.82, 2.24) is 9.80 Å². The monoisotopic (exact) mass is 483 g/mol. The average Bonchev–Trinajstić information content (AvgIpc) is 3.38. The molecule has 1 saturated heterocycles. The van der Waals surface area contributed by atoms with E-state index in [4.69, 9.17) is 4.42 Å². The Balaban J connectivity index is 1.58. The van der Waals surface area contributed by atoms with Gasteiger partial charge in [-0.05, 0) is 43.7 Å². The smallest absolute Gasteiger partial charge is 0.337 e. The van der Waals surface area contributed by atoms with Crippen molar-refractivity contribution in [3.63, 3.8) is 0 Å². The molecule has 3 aromatic rings. The molecular formula is C25H23F2N3O5. The quantitative estimate of drug-likeness (QED) is 0.564. The molecule has 0 saturated carbocycles. The van der Waals surface area contributed by atoms with Gasteiger partial charge in [-0.1, -0.05) is 17.7 Å². The first-order valence-electron chi connectivity index (χ1n) is 10.9. The number of rotatable bonds is 5. The number of hydrogen-bond acceptors (Lipinski definition) is 5. The Morgan fingerprint density at radius 3 is 2.14 bits per heavy atom. The van der Waals surface area contributed by atoms with E-state index in [-0.39, 0.29) is 37.8 Å². The highest BCUT2D eigenvalue weighted by Crippen LogP contribution is 2.31. The van der Waals surface area contributed by atoms with E-state index in [2.05, 4.69) is 5.32 Å². The standard InChI is InChI=1S/C25H23F2N3O5/c1-14-5-6-18(15(2)12-14)28-22-17(25(33)34)13-16(20(26)21(22)27)23(31)29-7-9-30(10-8-29)24(32)19-4-3-11-35-19/h3-6,11-13,28H,7-10H2,1-2H3,(H,33,34). The van der Waals surface area contributed by atoms with Crippen LogP contribution in [-0.2, 0) is 0 Å². The number of carboxylic acid groups (broad SMARTS) is 1. The minimum absolute atomic E-state index is 0.0668. The van der Waals surface area contributed by atoms with Gasteiger partial charge >= 0.3 is 5.97 Å². The van der Waals surface area contributed by atoms with Gasteiger partial charge in [-0.2, -0.15) is 0 Å². The summed E-state index contributed by atoms with van der Waals surface area (Å²) in [6.07, 6.45) is 1.38. The number of nitrogens with zero attached hydrogens (tertiary/aromatic N) is 2. The Morgan fingerprint density at radius 1 is 0.914 bits per heavy atom. The summed E-state index contributed by atoms with van der Waals surface area (Å²) < 4.78 is 35.2. The average molecular weight is 483 g/mol. The number of amides is 2. The van der Waals surface area contributed by atoms with Gasteiger partial charge in [0.15, 0.2) is 17.4 Å². The molecular weight excluding hydrogens is 460 g/mol. The lowest BCUT2D eigenvalue weighted by Crippen LogP contribution is -2.50. The van der Waals surface area contributed by atoms with Gasteiger partial charge in [-0.3, -0.25) is 9.59 Å². The summed E-state index contributed by atoms with van der Waals surface area (Å²) in [6.45, 7) is 4.07. The van der Waals surface area contributed by atoms with E-state index in [9.17, 15) is 19.5 Å². The maximum absolute atomic E-state index is 15.1. The minimum atomic E-state index is -1.51. The number of aryl methyl sites for hydroxylation is 2. The molecule has 0 bridgehead atoms. The van der Waals surface area contributed by atoms with Crippen LogP contribution in [0.2, 0.25) is 0 Å². The topological polar surface area (TPSA) is 103 Å². The summed E-state index contributed by atoms with van der Waals surface area (Å²) in [7, 11) is 0. The molecule has 8 nitrogen and oxygen atoms in total. The van der Waals surface area contributed by atoms with Crippen molar-refractivity contribution in [3.05, 3.63) is 82.3 Å². The molecule has 2 N–H and O–H groups in total. The van der Waals surface area contributed by atoms with Crippen LogP contribution in [0.3, 0.4) is 0 Å². The second-order valence-corrected chi connectivity index (χ2v) is 8.28. The first kappa shape index (κ1) is 23.9. The molecule has 1 aromatic heterocycles. The summed E-state index contributed by atoms with van der Waals surface area (Å²) in [6, 6.07) is 9.15. The number of benzene rings is 2. The van der Waals surface area contributed by atoms with Crippen LogP contribution in [0, 0.1) is 25.5 Å². The highest BCUT2D eigenvalue weighted by atomic mass is 19.2. The van der Waals surface area contributed by atoms with Gasteiger partial charge in [0.25, 0.3) is 11.8 Å². The molecule has 0 atom stereocenters. The van der Waals surface area contributed by atoms with Crippen molar-refractivity contribution in [2.45, 2.75) is 13.8 Å². The third-order valence-electron chi connectivity index (χ3n) is 5.90. The number of aromatic carboxylic acids is 1. The highest BCUT2D eigenvalue weighted by molar-refractivity contribution is 6.02. The third-order valence-corrected chi connectivity index (χ3v) is 5.90. The molecule has 0 aliphatic carbocycles. The van der Waals surface area contributed by atoms with E-state index < -0.39 is 40.3 Å². The maximum Gasteiger partial charge on any atom is 0.337 e. The Bertz CT molecular complexity index is 1300. The molecule has 4 rings (SSSR count). The van der Waals surface area contributed by atoms with E-state index in [1.807, 2.05) is 13.0 Å². The van der Waals surface area contributed by atoms with Crippen molar-refractivity contribution in [3.8, 4) is 0 Å². The van der Waals surface area contributed by atoms with Crippen LogP contribution in [0.5, 0.6) is 0 Å². The first-order chi connectivity index (χ1) is 16.7. The van der Waals surface area contributed by atoms with Crippen molar-refractivity contribution in [2.24, 2.45) is 0 Å². The fraction of sp³-hybridized carbons (Fsp3) is 0.240. The van der Waals surface area contributed by atoms with Crippen LogP contribution in [0.4, 0.5) is 20.2 Å². The lowest BCUT2D eigenvalue weighted by atomic mass is 10.0. The van der Waals surface area contributed by atoms with E-state index in [0.29, 0.717) is 11.3 Å². The summed E-state index contributed by atoms with van der Waals surface area (Å²) in [4.78, 5) is 40.0. The zero-order chi connectivity index (χ0) is 25.3. The predicted octanol–water partition coefficient (Wildman–Crippen LogP) is 4.21. The SMILES string of the molecule is Cc1ccc(Nc2c(C(=O)O)cc(C(=O)N3CCN(C(=O)c4ccco4)CC3)c(F)c2F)c(C)c1. The van der Waals surface area contributed by atoms with Crippen molar-refractivity contribution < 1.29 is 32.7 Å². The van der Waals surface area contributed by atoms with Crippen molar-refractivity contribution in [1.29, 1.82) is 0 Å². The van der Waals surface area contributed by atoms with Crippen LogP contribution >= 0.6 is 0 Å². The number of carbonyl (C=O) groups is 3. The van der Waals surface area contributed by atoms with Gasteiger partial charge in [-0.25, -0.2) is 13.6 Å². The molecule has 182 valence electrons. The van der Waals surface area contributed by atoms with E-state index in [0.717, 1.165) is 11.6 Å².